The van der Waals surface area contributed by atoms with E-state index in [0.29, 0.717) is 0 Å². The third-order valence-electron chi connectivity index (χ3n) is 2.54. The van der Waals surface area contributed by atoms with Gasteiger partial charge in [-0.25, -0.2) is 17.6 Å². The molecule has 150 valence electrons. The van der Waals surface area contributed by atoms with Crippen LogP contribution in [0, 0.1) is 6.92 Å². The largest absolute Gasteiger partial charge is 0.494 e. The lowest BCUT2D eigenvalue weighted by Crippen LogP contribution is -2.29. The molecule has 0 saturated carbocycles. The molecule has 1 aromatic heterocycles. The lowest BCUT2D eigenvalue weighted by atomic mass is 10.3. The third-order valence-corrected chi connectivity index (χ3v) is 3.34. The molecular weight excluding hydrogens is 402 g/mol. The summed E-state index contributed by atoms with van der Waals surface area (Å²) in [4.78, 5) is 0. The molecular formula is C11H18F6N2O4S2. The molecule has 0 fully saturated rings. The van der Waals surface area contributed by atoms with Gasteiger partial charge in [0.15, 0.2) is 0 Å². The first-order chi connectivity index (χ1) is 11.1. The second-order valence-corrected chi connectivity index (χ2v) is 6.36. The van der Waals surface area contributed by atoms with Crippen LogP contribution in [0.4, 0.5) is 26.3 Å². The van der Waals surface area contributed by atoms with Crippen molar-refractivity contribution in [3.05, 3.63) is 18.2 Å². The van der Waals surface area contributed by atoms with Crippen LogP contribution in [0.1, 0.15) is 25.6 Å². The molecule has 1 heterocycles. The van der Waals surface area contributed by atoms with Gasteiger partial charge in [0.2, 0.25) is 10.7 Å². The highest BCUT2D eigenvalue weighted by Gasteiger charge is 2.31. The Hall–Kier alpha value is -1.31. The van der Waals surface area contributed by atoms with E-state index in [2.05, 4.69) is 42.4 Å². The molecule has 0 N–H and O–H groups in total. The number of halogens is 6. The van der Waals surface area contributed by atoms with Crippen LogP contribution < -0.4 is 4.57 Å². The summed E-state index contributed by atoms with van der Waals surface area (Å²) in [6.07, 6.45) is 6.78. The van der Waals surface area contributed by atoms with Crippen LogP contribution in [0.25, 0.3) is 0 Å². The van der Waals surface area contributed by atoms with Crippen molar-refractivity contribution in [3.63, 3.8) is 0 Å². The normalized spacial score (nSPS) is 11.6. The predicted octanol–water partition coefficient (Wildman–Crippen LogP) is 2.35. The second kappa shape index (κ2) is 11.3. The number of imidazole rings is 1. The number of aryl methyl sites for hydroxylation is 2. The van der Waals surface area contributed by atoms with Crippen LogP contribution in [-0.2, 0) is 43.4 Å². The van der Waals surface area contributed by atoms with Gasteiger partial charge in [-0.2, -0.15) is 26.3 Å². The van der Waals surface area contributed by atoms with Crippen molar-refractivity contribution in [2.45, 2.75) is 44.3 Å². The maximum atomic E-state index is 10.6. The number of unbranched alkanes of at least 4 members (excludes halogenated alkanes) is 1. The first-order valence-electron chi connectivity index (χ1n) is 6.53. The lowest BCUT2D eigenvalue weighted by molar-refractivity contribution is -0.677. The Morgan fingerprint density at radius 1 is 1.16 bits per heavy atom. The van der Waals surface area contributed by atoms with Gasteiger partial charge in [0.25, 0.3) is 5.82 Å². The number of aromatic nitrogens is 2. The summed E-state index contributed by atoms with van der Waals surface area (Å²) in [5.74, 6) is 1.33. The molecule has 0 radical (unpaired) electrons. The zero-order valence-electron chi connectivity index (χ0n) is 13.4. The molecule has 0 spiro atoms. The number of rotatable bonds is 3. The van der Waals surface area contributed by atoms with Gasteiger partial charge in [0, 0.05) is 17.6 Å². The summed E-state index contributed by atoms with van der Waals surface area (Å²) in [7, 11) is -6.09. The van der Waals surface area contributed by atoms with Gasteiger partial charge in [-0.1, -0.05) is 13.3 Å². The Labute approximate surface area is 144 Å². The van der Waals surface area contributed by atoms with Crippen molar-refractivity contribution in [1.82, 2.24) is 4.57 Å². The van der Waals surface area contributed by atoms with Gasteiger partial charge in [-0.3, -0.25) is 0 Å². The Morgan fingerprint density at radius 3 is 1.76 bits per heavy atom. The summed E-state index contributed by atoms with van der Waals surface area (Å²) in [5, 5.41) is 0. The van der Waals surface area contributed by atoms with Gasteiger partial charge in [0.1, 0.15) is 12.4 Å². The lowest BCUT2D eigenvalue weighted by Gasteiger charge is -2.00. The van der Waals surface area contributed by atoms with E-state index in [-0.39, 0.29) is 0 Å². The summed E-state index contributed by atoms with van der Waals surface area (Å²) in [5.41, 5.74) is -10.1. The maximum absolute atomic E-state index is 10.6. The minimum atomic E-state index is -5.08. The fourth-order valence-corrected chi connectivity index (χ4v) is 1.16. The van der Waals surface area contributed by atoms with E-state index in [1.165, 1.54) is 18.7 Å². The molecule has 0 aromatic carbocycles. The van der Waals surface area contributed by atoms with E-state index < -0.39 is 32.4 Å². The molecule has 0 aliphatic heterocycles. The molecule has 0 atom stereocenters. The molecule has 1 aromatic rings. The zero-order valence-corrected chi connectivity index (χ0v) is 15.1. The van der Waals surface area contributed by atoms with Crippen molar-refractivity contribution in [2.24, 2.45) is 7.05 Å². The van der Waals surface area contributed by atoms with Gasteiger partial charge >= 0.3 is 11.0 Å². The standard InChI is InChI=1S/C9H17N2.CHF3O2S.CF3O2S/c1-4-5-6-11-8-7-10(3)9(11)2;2*2-1(3,4)7(5)6/h7-8H,4-6H2,1-3H3;7H;/q+1;;-1. The number of hydrogen-bond donors (Lipinski definition) is 1. The molecule has 14 heteroatoms. The van der Waals surface area contributed by atoms with Crippen molar-refractivity contribution in [3.8, 4) is 0 Å². The van der Waals surface area contributed by atoms with E-state index in [1.807, 2.05) is 0 Å². The second-order valence-electron chi connectivity index (χ2n) is 4.41. The van der Waals surface area contributed by atoms with Crippen LogP contribution in [0.2, 0.25) is 0 Å². The highest BCUT2D eigenvalue weighted by Crippen LogP contribution is 2.14. The average Bonchev–Trinajstić information content (AvgIpc) is 2.76. The van der Waals surface area contributed by atoms with Crippen LogP contribution in [0.3, 0.4) is 0 Å². The Morgan fingerprint density at radius 2 is 1.56 bits per heavy atom. The van der Waals surface area contributed by atoms with Crippen molar-refractivity contribution in [1.29, 1.82) is 0 Å². The average molecular weight is 420 g/mol. The summed E-state index contributed by atoms with van der Waals surface area (Å²) >= 11 is 0. The molecule has 0 unspecified atom stereocenters. The van der Waals surface area contributed by atoms with Crippen molar-refractivity contribution >= 4 is 21.4 Å². The van der Waals surface area contributed by atoms with E-state index in [9.17, 15) is 26.3 Å². The molecule has 0 bridgehead atoms. The van der Waals surface area contributed by atoms with Crippen molar-refractivity contribution < 1.29 is 47.7 Å². The van der Waals surface area contributed by atoms with Crippen LogP contribution in [-0.4, -0.2) is 24.0 Å². The molecule has 0 saturated heterocycles. The van der Waals surface area contributed by atoms with Crippen LogP contribution in [0.15, 0.2) is 12.4 Å². The molecule has 6 nitrogen and oxygen atoms in total. The van der Waals surface area contributed by atoms with E-state index >= 15 is 0 Å². The number of nitrogens with zero attached hydrogens (tertiary/aromatic N) is 2. The van der Waals surface area contributed by atoms with E-state index in [0.717, 1.165) is 6.54 Å². The SMILES string of the molecule is CCCCn1cc[n+](C)c1C.O=[S-](=O)C(F)(F)F.O=[SH](=O)C(F)(F)F. The van der Waals surface area contributed by atoms with Crippen LogP contribution in [0.5, 0.6) is 0 Å². The molecule has 0 aliphatic carbocycles. The van der Waals surface area contributed by atoms with Gasteiger partial charge in [0.05, 0.1) is 13.6 Å². The van der Waals surface area contributed by atoms with Crippen molar-refractivity contribution in [2.75, 3.05) is 0 Å². The Balaban J connectivity index is 0. The Bertz CT molecular complexity index is 615. The molecule has 25 heavy (non-hydrogen) atoms. The van der Waals surface area contributed by atoms with E-state index in [4.69, 9.17) is 16.8 Å². The minimum absolute atomic E-state index is 1.16. The zero-order chi connectivity index (χ0) is 20.4. The molecule has 0 amide bonds. The fourth-order valence-electron chi connectivity index (χ4n) is 1.16. The minimum Gasteiger partial charge on any atom is -0.416 e. The maximum Gasteiger partial charge on any atom is 0.494 e. The number of hydrogen-bond acceptors (Lipinski definition) is 5. The fraction of sp³-hybridized carbons (Fsp3) is 0.727. The van der Waals surface area contributed by atoms with E-state index in [1.54, 1.807) is 0 Å². The van der Waals surface area contributed by atoms with Gasteiger partial charge < -0.3 is 8.42 Å². The topological polar surface area (TPSA) is 77.1 Å². The Kier molecular flexibility index (Phi) is 11.8. The summed E-state index contributed by atoms with van der Waals surface area (Å²) in [6.45, 7) is 5.53. The quantitative estimate of drug-likeness (QED) is 0.353. The highest BCUT2D eigenvalue weighted by atomic mass is 32.2. The number of thiol groups is 1. The smallest absolute Gasteiger partial charge is 0.416 e. The highest BCUT2D eigenvalue weighted by molar-refractivity contribution is 7.73. The monoisotopic (exact) mass is 420 g/mol. The first-order valence-corrected chi connectivity index (χ1v) is 8.78. The first kappa shape index (κ1) is 25.9. The summed E-state index contributed by atoms with van der Waals surface area (Å²) in [6, 6.07) is 0. The third kappa shape index (κ3) is 12.7. The van der Waals surface area contributed by atoms with Gasteiger partial charge in [-0.15, -0.1) is 0 Å². The number of alkyl halides is 6. The predicted molar refractivity (Wildman–Crippen MR) is 76.4 cm³/mol. The molecule has 1 rings (SSSR count). The van der Waals surface area contributed by atoms with Crippen LogP contribution >= 0.6 is 0 Å². The molecule has 0 aliphatic rings. The van der Waals surface area contributed by atoms with Gasteiger partial charge in [-0.05, 0) is 6.42 Å². The summed E-state index contributed by atoms with van der Waals surface area (Å²) < 4.78 is 104.